The number of alkyl halides is 4. The summed E-state index contributed by atoms with van der Waals surface area (Å²) in [6.07, 6.45) is 1.86. The number of oxazole rings is 1. The molecule has 11 heteroatoms. The molecule has 152 valence electrons. The van der Waals surface area contributed by atoms with E-state index in [1.807, 2.05) is 0 Å². The number of likely N-dealkylation sites (N-methyl/N-ethyl adjacent to an activating group) is 1. The zero-order valence-corrected chi connectivity index (χ0v) is 15.1. The van der Waals surface area contributed by atoms with Crippen LogP contribution in [-0.2, 0) is 24.2 Å². The fourth-order valence-corrected chi connectivity index (χ4v) is 2.44. The number of halogens is 4. The topological polar surface area (TPSA) is 77.0 Å². The number of rotatable bonds is 6. The van der Waals surface area contributed by atoms with Gasteiger partial charge in [0, 0.05) is 24.9 Å². The van der Waals surface area contributed by atoms with Gasteiger partial charge in [-0.1, -0.05) is 0 Å². The molecule has 1 aromatic carbocycles. The summed E-state index contributed by atoms with van der Waals surface area (Å²) in [5, 5.41) is 4.02. The number of amides is 1. The van der Waals surface area contributed by atoms with Gasteiger partial charge in [-0.2, -0.15) is 13.2 Å². The zero-order chi connectivity index (χ0) is 21.0. The molecular formula is C18H15F4N5O2. The Morgan fingerprint density at radius 3 is 2.76 bits per heavy atom. The quantitative estimate of drug-likeness (QED) is 0.460. The highest BCUT2D eigenvalue weighted by molar-refractivity contribution is 5.89. The molecule has 0 aliphatic rings. The Labute approximate surface area is 162 Å². The van der Waals surface area contributed by atoms with Gasteiger partial charge in [0.2, 0.25) is 5.91 Å². The van der Waals surface area contributed by atoms with Gasteiger partial charge in [0.15, 0.2) is 12.2 Å². The van der Waals surface area contributed by atoms with Crippen LogP contribution in [0.2, 0.25) is 0 Å². The molecule has 3 rings (SSSR count). The maximum Gasteiger partial charge on any atom is 0.416 e. The number of carbonyl (C=O) groups excluding carboxylic acids is 1. The maximum atomic E-state index is 13.0. The SMILES string of the molecule is CN(Cc1cnco1)C(=O)/C=C\n1cnc(-c2cc(CF)cc(C(F)(F)F)c2)n1. The van der Waals surface area contributed by atoms with Crippen molar-refractivity contribution in [3.05, 3.63) is 60.1 Å². The summed E-state index contributed by atoms with van der Waals surface area (Å²) in [6, 6.07) is 2.83. The molecule has 0 aliphatic carbocycles. The summed E-state index contributed by atoms with van der Waals surface area (Å²) >= 11 is 0. The van der Waals surface area contributed by atoms with Crippen LogP contribution >= 0.6 is 0 Å². The van der Waals surface area contributed by atoms with Crippen molar-refractivity contribution in [3.63, 3.8) is 0 Å². The minimum absolute atomic E-state index is 0.0217. The van der Waals surface area contributed by atoms with Crippen LogP contribution in [0.4, 0.5) is 17.6 Å². The minimum Gasteiger partial charge on any atom is -0.447 e. The van der Waals surface area contributed by atoms with Gasteiger partial charge in [0.25, 0.3) is 0 Å². The molecular weight excluding hydrogens is 394 g/mol. The van der Waals surface area contributed by atoms with Crippen LogP contribution < -0.4 is 0 Å². The van der Waals surface area contributed by atoms with Gasteiger partial charge >= 0.3 is 6.18 Å². The van der Waals surface area contributed by atoms with Crippen molar-refractivity contribution >= 4 is 12.1 Å². The first kappa shape index (κ1) is 20.2. The lowest BCUT2D eigenvalue weighted by molar-refractivity contribution is -0.137. The summed E-state index contributed by atoms with van der Waals surface area (Å²) in [5.74, 6) is 0.112. The van der Waals surface area contributed by atoms with E-state index in [9.17, 15) is 22.4 Å². The molecule has 29 heavy (non-hydrogen) atoms. The molecule has 7 nitrogen and oxygen atoms in total. The van der Waals surface area contributed by atoms with Gasteiger partial charge in [-0.05, 0) is 23.8 Å². The van der Waals surface area contributed by atoms with Gasteiger partial charge in [-0.3, -0.25) is 4.79 Å². The molecule has 0 N–H and O–H groups in total. The first-order chi connectivity index (χ1) is 13.8. The second-order valence-electron chi connectivity index (χ2n) is 6.08. The predicted octanol–water partition coefficient (Wildman–Crippen LogP) is 3.55. The Bertz CT molecular complexity index is 1010. The molecule has 1 amide bonds. The number of benzene rings is 1. The number of hydrogen-bond acceptors (Lipinski definition) is 5. The summed E-state index contributed by atoms with van der Waals surface area (Å²) in [6.45, 7) is -0.842. The molecule has 0 radical (unpaired) electrons. The molecule has 0 atom stereocenters. The first-order valence-corrected chi connectivity index (χ1v) is 8.25. The lowest BCUT2D eigenvalue weighted by Gasteiger charge is -2.12. The average molecular weight is 409 g/mol. The van der Waals surface area contributed by atoms with E-state index in [0.29, 0.717) is 5.76 Å². The van der Waals surface area contributed by atoms with Gasteiger partial charge in [-0.25, -0.2) is 19.0 Å². The van der Waals surface area contributed by atoms with Crippen LogP contribution in [-0.4, -0.2) is 37.6 Å². The molecule has 0 spiro atoms. The first-order valence-electron chi connectivity index (χ1n) is 8.25. The van der Waals surface area contributed by atoms with E-state index >= 15 is 0 Å². The second kappa shape index (κ2) is 8.25. The van der Waals surface area contributed by atoms with Crippen molar-refractivity contribution in [2.45, 2.75) is 19.4 Å². The third kappa shape index (κ3) is 5.06. The third-order valence-electron chi connectivity index (χ3n) is 3.86. The van der Waals surface area contributed by atoms with Crippen molar-refractivity contribution in [1.29, 1.82) is 0 Å². The third-order valence-corrected chi connectivity index (χ3v) is 3.86. The van der Waals surface area contributed by atoms with Crippen LogP contribution in [0.15, 0.2) is 47.6 Å². The Balaban J connectivity index is 1.75. The largest absolute Gasteiger partial charge is 0.447 e. The Kier molecular flexibility index (Phi) is 5.76. The van der Waals surface area contributed by atoms with Gasteiger partial charge in [0.05, 0.1) is 18.3 Å². The van der Waals surface area contributed by atoms with E-state index in [-0.39, 0.29) is 29.4 Å². The summed E-state index contributed by atoms with van der Waals surface area (Å²) in [5.41, 5.74) is -1.10. The molecule has 0 saturated carbocycles. The molecule has 0 aliphatic heterocycles. The lowest BCUT2D eigenvalue weighted by atomic mass is 10.1. The summed E-state index contributed by atoms with van der Waals surface area (Å²) in [4.78, 5) is 21.2. The van der Waals surface area contributed by atoms with E-state index in [1.54, 1.807) is 7.05 Å². The number of aromatic nitrogens is 4. The predicted molar refractivity (Wildman–Crippen MR) is 93.6 cm³/mol. The van der Waals surface area contributed by atoms with Crippen molar-refractivity contribution < 1.29 is 26.8 Å². The van der Waals surface area contributed by atoms with E-state index in [1.165, 1.54) is 46.8 Å². The van der Waals surface area contributed by atoms with Crippen LogP contribution in [0.5, 0.6) is 0 Å². The Hall–Kier alpha value is -3.50. The monoisotopic (exact) mass is 409 g/mol. The fraction of sp³-hybridized carbons (Fsp3) is 0.222. The molecule has 2 heterocycles. The van der Waals surface area contributed by atoms with E-state index in [4.69, 9.17) is 4.42 Å². The fourth-order valence-electron chi connectivity index (χ4n) is 2.44. The summed E-state index contributed by atoms with van der Waals surface area (Å²) in [7, 11) is 1.56. The number of hydrogen-bond donors (Lipinski definition) is 0. The van der Waals surface area contributed by atoms with Gasteiger partial charge in [0.1, 0.15) is 18.8 Å². The van der Waals surface area contributed by atoms with Gasteiger partial charge < -0.3 is 9.32 Å². The normalized spacial score (nSPS) is 11.9. The van der Waals surface area contributed by atoms with Crippen LogP contribution in [0, 0.1) is 0 Å². The Morgan fingerprint density at radius 2 is 2.10 bits per heavy atom. The molecule has 2 aromatic heterocycles. The van der Waals surface area contributed by atoms with Crippen molar-refractivity contribution in [2.75, 3.05) is 7.05 Å². The molecule has 0 saturated heterocycles. The van der Waals surface area contributed by atoms with E-state index in [2.05, 4.69) is 15.1 Å². The highest BCUT2D eigenvalue weighted by Crippen LogP contribution is 2.32. The average Bonchev–Trinajstić information content (AvgIpc) is 3.37. The highest BCUT2D eigenvalue weighted by Gasteiger charge is 2.31. The molecule has 0 unspecified atom stereocenters. The number of carbonyl (C=O) groups is 1. The highest BCUT2D eigenvalue weighted by atomic mass is 19.4. The van der Waals surface area contributed by atoms with E-state index < -0.39 is 18.4 Å². The molecule has 0 bridgehead atoms. The Morgan fingerprint density at radius 1 is 1.31 bits per heavy atom. The maximum absolute atomic E-state index is 13.0. The van der Waals surface area contributed by atoms with Crippen LogP contribution in [0.1, 0.15) is 16.9 Å². The summed E-state index contributed by atoms with van der Waals surface area (Å²) < 4.78 is 58.1. The lowest BCUT2D eigenvalue weighted by Crippen LogP contribution is -2.24. The smallest absolute Gasteiger partial charge is 0.416 e. The van der Waals surface area contributed by atoms with E-state index in [0.717, 1.165) is 12.1 Å². The molecule has 3 aromatic rings. The van der Waals surface area contributed by atoms with Crippen molar-refractivity contribution in [3.8, 4) is 11.4 Å². The second-order valence-corrected chi connectivity index (χ2v) is 6.08. The zero-order valence-electron chi connectivity index (χ0n) is 15.1. The number of nitrogens with zero attached hydrogens (tertiary/aromatic N) is 5. The van der Waals surface area contributed by atoms with Crippen molar-refractivity contribution in [2.24, 2.45) is 0 Å². The van der Waals surface area contributed by atoms with Crippen LogP contribution in [0.25, 0.3) is 17.6 Å². The molecule has 0 fully saturated rings. The van der Waals surface area contributed by atoms with Crippen molar-refractivity contribution in [1.82, 2.24) is 24.6 Å². The van der Waals surface area contributed by atoms with Gasteiger partial charge in [-0.15, -0.1) is 5.10 Å². The van der Waals surface area contributed by atoms with Crippen LogP contribution in [0.3, 0.4) is 0 Å². The minimum atomic E-state index is -4.62. The standard InChI is InChI=1S/C18H15F4N5O2/c1-26(9-15-8-23-11-29-15)16(28)2-3-27-10-24-17(25-27)13-4-12(7-19)5-14(6-13)18(20,21)22/h2-6,8,10-11H,7,9H2,1H3/b3-2-.